The number of halogens is 2. The Balaban J connectivity index is 1.87. The second-order valence-electron chi connectivity index (χ2n) is 7.08. The number of benzene rings is 1. The molecule has 0 atom stereocenters. The fraction of sp³-hybridized carbons (Fsp3) is 0.412. The zero-order valence-electron chi connectivity index (χ0n) is 14.9. The van der Waals surface area contributed by atoms with Gasteiger partial charge in [-0.3, -0.25) is 4.68 Å². The van der Waals surface area contributed by atoms with E-state index in [0.29, 0.717) is 24.5 Å². The Morgan fingerprint density at radius 1 is 1.35 bits per heavy atom. The van der Waals surface area contributed by atoms with Gasteiger partial charge in [0, 0.05) is 49.2 Å². The van der Waals surface area contributed by atoms with Crippen LogP contribution in [0.1, 0.15) is 31.5 Å². The van der Waals surface area contributed by atoms with Crippen molar-refractivity contribution in [2.45, 2.75) is 20.3 Å². The fourth-order valence-corrected chi connectivity index (χ4v) is 2.69. The van der Waals surface area contributed by atoms with Crippen LogP contribution in [0.2, 0.25) is 0 Å². The van der Waals surface area contributed by atoms with Gasteiger partial charge in [-0.15, -0.1) is 0 Å². The maximum absolute atomic E-state index is 12.9. The summed E-state index contributed by atoms with van der Waals surface area (Å²) < 4.78 is 38.5. The highest BCUT2D eigenvalue weighted by atomic mass is 19.3. The first-order valence-electron chi connectivity index (χ1n) is 8.24. The number of rotatable bonds is 4. The Kier molecular flexibility index (Phi) is 5.11. The molecule has 2 N–H and O–H groups in total. The van der Waals surface area contributed by atoms with Crippen molar-refractivity contribution in [3.05, 3.63) is 35.5 Å². The molecule has 0 spiro atoms. The lowest BCUT2D eigenvalue weighted by atomic mass is 9.73. The van der Waals surface area contributed by atoms with Gasteiger partial charge in [0.15, 0.2) is 5.82 Å². The second kappa shape index (κ2) is 7.16. The number of nitrogens with zero attached hydrogens (tertiary/aromatic N) is 3. The standard InChI is InChI=1S/C17H21BF2N4O2/c1-17(2)9-25-18(26-10-17)12-5-4-6-13(21)11(12)8-22-15-7-14(16(19)20)24(3)23-15/h4-8,16H,9-10,21H2,1-3H3. The lowest BCUT2D eigenvalue weighted by molar-refractivity contribution is 0.0343. The van der Waals surface area contributed by atoms with Crippen LogP contribution in [0, 0.1) is 5.41 Å². The van der Waals surface area contributed by atoms with Gasteiger partial charge in [0.1, 0.15) is 5.69 Å². The van der Waals surface area contributed by atoms with Crippen LogP contribution in [-0.4, -0.2) is 36.3 Å². The summed E-state index contributed by atoms with van der Waals surface area (Å²) in [5.74, 6) is 0.184. The van der Waals surface area contributed by atoms with E-state index >= 15 is 0 Å². The lowest BCUT2D eigenvalue weighted by Gasteiger charge is -2.33. The number of alkyl halides is 2. The summed E-state index contributed by atoms with van der Waals surface area (Å²) in [6, 6.07) is 6.64. The molecule has 26 heavy (non-hydrogen) atoms. The molecule has 138 valence electrons. The Labute approximate surface area is 151 Å². The third kappa shape index (κ3) is 3.94. The number of anilines is 1. The summed E-state index contributed by atoms with van der Waals surface area (Å²) >= 11 is 0. The van der Waals surface area contributed by atoms with E-state index in [1.54, 1.807) is 6.07 Å². The van der Waals surface area contributed by atoms with Crippen LogP contribution in [-0.2, 0) is 16.4 Å². The predicted molar refractivity (Wildman–Crippen MR) is 97.3 cm³/mol. The average Bonchev–Trinajstić information content (AvgIpc) is 2.95. The predicted octanol–water partition coefficient (Wildman–Crippen LogP) is 2.46. The van der Waals surface area contributed by atoms with Crippen LogP contribution < -0.4 is 11.2 Å². The van der Waals surface area contributed by atoms with Gasteiger partial charge >= 0.3 is 7.12 Å². The highest BCUT2D eigenvalue weighted by Gasteiger charge is 2.34. The summed E-state index contributed by atoms with van der Waals surface area (Å²) in [6.07, 6.45) is -1.10. The van der Waals surface area contributed by atoms with Gasteiger partial charge in [0.2, 0.25) is 0 Å². The van der Waals surface area contributed by atoms with Gasteiger partial charge in [-0.05, 0) is 11.5 Å². The number of nitrogens with two attached hydrogens (primary N) is 1. The van der Waals surface area contributed by atoms with Gasteiger partial charge in [-0.1, -0.05) is 26.0 Å². The van der Waals surface area contributed by atoms with E-state index in [1.165, 1.54) is 19.3 Å². The van der Waals surface area contributed by atoms with E-state index in [2.05, 4.69) is 23.9 Å². The molecule has 6 nitrogen and oxygen atoms in total. The summed E-state index contributed by atoms with van der Waals surface area (Å²) in [4.78, 5) is 4.20. The maximum atomic E-state index is 12.9. The van der Waals surface area contributed by atoms with Gasteiger partial charge in [0.25, 0.3) is 6.43 Å². The molecule has 0 unspecified atom stereocenters. The van der Waals surface area contributed by atoms with Crippen molar-refractivity contribution in [2.24, 2.45) is 17.5 Å². The first-order valence-corrected chi connectivity index (χ1v) is 8.24. The highest BCUT2D eigenvalue weighted by molar-refractivity contribution is 6.63. The summed E-state index contributed by atoms with van der Waals surface area (Å²) in [5.41, 5.74) is 7.70. The SMILES string of the molecule is Cn1nc(N=Cc2c(N)cccc2B2OCC(C)(C)CO2)cc1C(F)F. The molecule has 9 heteroatoms. The van der Waals surface area contributed by atoms with Crippen LogP contribution >= 0.6 is 0 Å². The van der Waals surface area contributed by atoms with Gasteiger partial charge in [0.05, 0.1) is 0 Å². The van der Waals surface area contributed by atoms with E-state index in [9.17, 15) is 8.78 Å². The Bertz CT molecular complexity index is 813. The molecular weight excluding hydrogens is 341 g/mol. The first kappa shape index (κ1) is 18.5. The Morgan fingerprint density at radius 3 is 2.65 bits per heavy atom. The van der Waals surface area contributed by atoms with E-state index in [1.807, 2.05) is 12.1 Å². The van der Waals surface area contributed by atoms with Crippen LogP contribution in [0.15, 0.2) is 29.3 Å². The normalized spacial score (nSPS) is 17.4. The van der Waals surface area contributed by atoms with Crippen LogP contribution in [0.4, 0.5) is 20.3 Å². The molecule has 0 saturated carbocycles. The minimum absolute atomic E-state index is 0.0509. The molecule has 1 saturated heterocycles. The van der Waals surface area contributed by atoms with Gasteiger partial charge < -0.3 is 15.0 Å². The molecule has 1 aliphatic heterocycles. The monoisotopic (exact) mass is 362 g/mol. The number of aliphatic imine (C=N–C) groups is 1. The van der Waals surface area contributed by atoms with Crippen LogP contribution in [0.25, 0.3) is 0 Å². The molecule has 1 aromatic heterocycles. The third-order valence-corrected chi connectivity index (χ3v) is 4.13. The van der Waals surface area contributed by atoms with E-state index < -0.39 is 13.5 Å². The lowest BCUT2D eigenvalue weighted by Crippen LogP contribution is -2.48. The van der Waals surface area contributed by atoms with Crippen LogP contribution in [0.3, 0.4) is 0 Å². The van der Waals surface area contributed by atoms with Crippen molar-refractivity contribution in [3.8, 4) is 0 Å². The van der Waals surface area contributed by atoms with Crippen molar-refractivity contribution in [1.82, 2.24) is 9.78 Å². The number of aryl methyl sites for hydroxylation is 1. The molecule has 0 aliphatic carbocycles. The smallest absolute Gasteiger partial charge is 0.407 e. The molecule has 2 aromatic rings. The van der Waals surface area contributed by atoms with Gasteiger partial charge in [-0.2, -0.15) is 5.10 Å². The maximum Gasteiger partial charge on any atom is 0.494 e. The average molecular weight is 362 g/mol. The zero-order valence-corrected chi connectivity index (χ0v) is 14.9. The number of aromatic nitrogens is 2. The molecule has 0 amide bonds. The van der Waals surface area contributed by atoms with Crippen molar-refractivity contribution in [1.29, 1.82) is 0 Å². The summed E-state index contributed by atoms with van der Waals surface area (Å²) in [6.45, 7) is 5.24. The summed E-state index contributed by atoms with van der Waals surface area (Å²) in [5, 5.41) is 3.97. The van der Waals surface area contributed by atoms with E-state index in [4.69, 9.17) is 15.0 Å². The summed E-state index contributed by atoms with van der Waals surface area (Å²) in [7, 11) is 0.905. The molecule has 1 aromatic carbocycles. The number of nitrogen functional groups attached to an aromatic ring is 1. The van der Waals surface area contributed by atoms with E-state index in [0.717, 1.165) is 10.1 Å². The van der Waals surface area contributed by atoms with Crippen LogP contribution in [0.5, 0.6) is 0 Å². The fourth-order valence-electron chi connectivity index (χ4n) is 2.69. The topological polar surface area (TPSA) is 74.7 Å². The van der Waals surface area contributed by atoms with Crippen molar-refractivity contribution < 1.29 is 18.1 Å². The minimum atomic E-state index is -2.61. The Morgan fingerprint density at radius 2 is 2.04 bits per heavy atom. The van der Waals surface area contributed by atoms with Crippen molar-refractivity contribution in [2.75, 3.05) is 18.9 Å². The van der Waals surface area contributed by atoms with Crippen molar-refractivity contribution in [3.63, 3.8) is 0 Å². The molecule has 3 rings (SSSR count). The number of hydrogen-bond donors (Lipinski definition) is 1. The molecule has 1 fully saturated rings. The molecule has 0 radical (unpaired) electrons. The minimum Gasteiger partial charge on any atom is -0.407 e. The second-order valence-corrected chi connectivity index (χ2v) is 7.08. The Hall–Kier alpha value is -2.26. The first-order chi connectivity index (χ1) is 12.3. The highest BCUT2D eigenvalue weighted by Crippen LogP contribution is 2.24. The molecule has 2 heterocycles. The quantitative estimate of drug-likeness (QED) is 0.515. The zero-order chi connectivity index (χ0) is 18.9. The van der Waals surface area contributed by atoms with E-state index in [-0.39, 0.29) is 16.9 Å². The third-order valence-electron chi connectivity index (χ3n) is 4.13. The molecule has 0 bridgehead atoms. The van der Waals surface area contributed by atoms with Crippen molar-refractivity contribution >= 4 is 30.3 Å². The van der Waals surface area contributed by atoms with Gasteiger partial charge in [-0.25, -0.2) is 13.8 Å². The molecule has 1 aliphatic rings. The molecular formula is C17H21BF2N4O2. The largest absolute Gasteiger partial charge is 0.494 e. The number of hydrogen-bond acceptors (Lipinski definition) is 5.